The van der Waals surface area contributed by atoms with E-state index in [0.717, 1.165) is 28.2 Å². The Balaban J connectivity index is 1.83. The first-order valence-electron chi connectivity index (χ1n) is 8.77. The molecule has 10 heteroatoms. The Labute approximate surface area is 185 Å². The standard InChI is InChI=1S/C21H15BrF3NO4S/c22-15-11-9-14(10-12-15)13-30-18-7-3-1-5-16(18)20(27)26-31(28,29)19-8-4-2-6-17(19)21(23,24)25/h1-12H,13H2,(H,26,27). The molecule has 1 N–H and O–H groups in total. The molecule has 0 radical (unpaired) electrons. The molecule has 3 aromatic rings. The number of nitrogens with one attached hydrogen (secondary N) is 1. The maximum atomic E-state index is 13.2. The highest BCUT2D eigenvalue weighted by Gasteiger charge is 2.37. The Kier molecular flexibility index (Phi) is 6.71. The fraction of sp³-hybridized carbons (Fsp3) is 0.0952. The summed E-state index contributed by atoms with van der Waals surface area (Å²) in [5.41, 5.74) is -0.701. The molecule has 0 saturated heterocycles. The van der Waals surface area contributed by atoms with Crippen LogP contribution in [0.4, 0.5) is 13.2 Å². The highest BCUT2D eigenvalue weighted by Crippen LogP contribution is 2.34. The van der Waals surface area contributed by atoms with Gasteiger partial charge in [0.1, 0.15) is 12.4 Å². The second kappa shape index (κ2) is 9.11. The van der Waals surface area contributed by atoms with Crippen molar-refractivity contribution < 1.29 is 31.1 Å². The number of para-hydroxylation sites is 1. The third kappa shape index (κ3) is 5.65. The monoisotopic (exact) mass is 513 g/mol. The summed E-state index contributed by atoms with van der Waals surface area (Å²) in [6.45, 7) is 0.0984. The van der Waals surface area contributed by atoms with E-state index >= 15 is 0 Å². The number of amides is 1. The molecule has 0 atom stereocenters. The Morgan fingerprint density at radius 1 is 0.935 bits per heavy atom. The van der Waals surface area contributed by atoms with Crippen LogP contribution < -0.4 is 9.46 Å². The lowest BCUT2D eigenvalue weighted by atomic mass is 10.2. The highest BCUT2D eigenvalue weighted by atomic mass is 79.9. The zero-order chi connectivity index (χ0) is 22.6. The number of hydrogen-bond donors (Lipinski definition) is 1. The fourth-order valence-electron chi connectivity index (χ4n) is 2.69. The SMILES string of the molecule is O=C(NS(=O)(=O)c1ccccc1C(F)(F)F)c1ccccc1OCc1ccc(Br)cc1. The van der Waals surface area contributed by atoms with Crippen LogP contribution in [-0.2, 0) is 22.8 Å². The number of halogens is 4. The molecule has 3 aromatic carbocycles. The Morgan fingerprint density at radius 3 is 2.23 bits per heavy atom. The largest absolute Gasteiger partial charge is 0.488 e. The van der Waals surface area contributed by atoms with Crippen molar-refractivity contribution in [1.29, 1.82) is 0 Å². The third-order valence-electron chi connectivity index (χ3n) is 4.15. The molecule has 0 saturated carbocycles. The molecule has 0 aromatic heterocycles. The molecule has 0 unspecified atom stereocenters. The molecule has 0 aliphatic carbocycles. The molecule has 0 bridgehead atoms. The number of carbonyl (C=O) groups excluding carboxylic acids is 1. The van der Waals surface area contributed by atoms with Crippen molar-refractivity contribution in [2.45, 2.75) is 17.7 Å². The van der Waals surface area contributed by atoms with Crippen molar-refractivity contribution in [3.8, 4) is 5.75 Å². The summed E-state index contributed by atoms with van der Waals surface area (Å²) in [5, 5.41) is 0. The maximum absolute atomic E-state index is 13.2. The number of hydrogen-bond acceptors (Lipinski definition) is 4. The van der Waals surface area contributed by atoms with Crippen molar-refractivity contribution in [3.05, 3.63) is 94.0 Å². The first-order chi connectivity index (χ1) is 14.6. The molecular weight excluding hydrogens is 499 g/mol. The van der Waals surface area contributed by atoms with Crippen LogP contribution in [0.1, 0.15) is 21.5 Å². The first-order valence-corrected chi connectivity index (χ1v) is 11.1. The molecule has 0 fully saturated rings. The van der Waals surface area contributed by atoms with E-state index in [1.807, 2.05) is 12.1 Å². The topological polar surface area (TPSA) is 72.5 Å². The van der Waals surface area contributed by atoms with Crippen LogP contribution in [0.15, 0.2) is 82.2 Å². The van der Waals surface area contributed by atoms with Gasteiger partial charge in [-0.05, 0) is 42.0 Å². The summed E-state index contributed by atoms with van der Waals surface area (Å²) in [6, 6.07) is 16.7. The van der Waals surface area contributed by atoms with Gasteiger partial charge in [-0.2, -0.15) is 13.2 Å². The minimum absolute atomic E-state index is 0.0854. The van der Waals surface area contributed by atoms with Crippen molar-refractivity contribution in [1.82, 2.24) is 4.72 Å². The van der Waals surface area contributed by atoms with E-state index < -0.39 is 32.6 Å². The molecule has 0 spiro atoms. The summed E-state index contributed by atoms with van der Waals surface area (Å²) in [6.07, 6.45) is -4.90. The number of ether oxygens (including phenoxy) is 1. The average Bonchev–Trinajstić information content (AvgIpc) is 2.72. The van der Waals surface area contributed by atoms with Gasteiger partial charge < -0.3 is 4.74 Å². The fourth-order valence-corrected chi connectivity index (χ4v) is 4.15. The number of rotatable bonds is 6. The summed E-state index contributed by atoms with van der Waals surface area (Å²) in [5.74, 6) is -1.02. The molecule has 0 aliphatic rings. The summed E-state index contributed by atoms with van der Waals surface area (Å²) >= 11 is 3.32. The quantitative estimate of drug-likeness (QED) is 0.493. The maximum Gasteiger partial charge on any atom is 0.417 e. The van der Waals surface area contributed by atoms with E-state index in [1.54, 1.807) is 22.9 Å². The third-order valence-corrected chi connectivity index (χ3v) is 6.07. The van der Waals surface area contributed by atoms with Crippen LogP contribution in [-0.4, -0.2) is 14.3 Å². The minimum atomic E-state index is -4.90. The normalized spacial score (nSPS) is 11.7. The molecular formula is C21H15BrF3NO4S. The Bertz CT molecular complexity index is 1200. The van der Waals surface area contributed by atoms with Gasteiger partial charge in [-0.1, -0.05) is 52.3 Å². The minimum Gasteiger partial charge on any atom is -0.488 e. The predicted molar refractivity (Wildman–Crippen MR) is 111 cm³/mol. The first kappa shape index (κ1) is 22.8. The van der Waals surface area contributed by atoms with Gasteiger partial charge in [0.25, 0.3) is 15.9 Å². The van der Waals surface area contributed by atoms with E-state index in [-0.39, 0.29) is 17.9 Å². The Hall–Kier alpha value is -2.85. The molecule has 162 valence electrons. The lowest BCUT2D eigenvalue weighted by molar-refractivity contribution is -0.139. The number of alkyl halides is 3. The lowest BCUT2D eigenvalue weighted by Crippen LogP contribution is -2.32. The summed E-state index contributed by atoms with van der Waals surface area (Å²) in [4.78, 5) is 11.6. The van der Waals surface area contributed by atoms with Gasteiger partial charge in [-0.15, -0.1) is 0 Å². The zero-order valence-electron chi connectivity index (χ0n) is 15.7. The van der Waals surface area contributed by atoms with Gasteiger partial charge in [-0.25, -0.2) is 13.1 Å². The number of benzene rings is 3. The van der Waals surface area contributed by atoms with Gasteiger partial charge >= 0.3 is 6.18 Å². The number of carbonyl (C=O) groups is 1. The van der Waals surface area contributed by atoms with Crippen LogP contribution >= 0.6 is 15.9 Å². The highest BCUT2D eigenvalue weighted by molar-refractivity contribution is 9.10. The van der Waals surface area contributed by atoms with E-state index in [9.17, 15) is 26.4 Å². The predicted octanol–water partition coefficient (Wildman–Crippen LogP) is 5.17. The van der Waals surface area contributed by atoms with E-state index in [4.69, 9.17) is 4.74 Å². The van der Waals surface area contributed by atoms with Gasteiger partial charge in [0.15, 0.2) is 0 Å². The van der Waals surface area contributed by atoms with E-state index in [1.165, 1.54) is 18.2 Å². The summed E-state index contributed by atoms with van der Waals surface area (Å²) in [7, 11) is -4.79. The summed E-state index contributed by atoms with van der Waals surface area (Å²) < 4.78 is 72.8. The van der Waals surface area contributed by atoms with Crippen molar-refractivity contribution in [2.75, 3.05) is 0 Å². The molecule has 5 nitrogen and oxygen atoms in total. The average molecular weight is 514 g/mol. The van der Waals surface area contributed by atoms with Gasteiger partial charge in [-0.3, -0.25) is 4.79 Å². The Morgan fingerprint density at radius 2 is 1.55 bits per heavy atom. The van der Waals surface area contributed by atoms with Crippen LogP contribution in [0, 0.1) is 0 Å². The van der Waals surface area contributed by atoms with Gasteiger partial charge in [0.2, 0.25) is 0 Å². The second-order valence-electron chi connectivity index (χ2n) is 6.34. The molecule has 31 heavy (non-hydrogen) atoms. The van der Waals surface area contributed by atoms with Gasteiger partial charge in [0, 0.05) is 4.47 Å². The van der Waals surface area contributed by atoms with E-state index in [0.29, 0.717) is 6.07 Å². The van der Waals surface area contributed by atoms with Crippen LogP contribution in [0.2, 0.25) is 0 Å². The van der Waals surface area contributed by atoms with Crippen LogP contribution in [0.5, 0.6) is 5.75 Å². The second-order valence-corrected chi connectivity index (χ2v) is 8.91. The molecule has 1 amide bonds. The van der Waals surface area contributed by atoms with Crippen molar-refractivity contribution >= 4 is 31.9 Å². The van der Waals surface area contributed by atoms with E-state index in [2.05, 4.69) is 15.9 Å². The molecule has 0 aliphatic heterocycles. The smallest absolute Gasteiger partial charge is 0.417 e. The van der Waals surface area contributed by atoms with Crippen molar-refractivity contribution in [2.24, 2.45) is 0 Å². The molecule has 3 rings (SSSR count). The van der Waals surface area contributed by atoms with Crippen molar-refractivity contribution in [3.63, 3.8) is 0 Å². The van der Waals surface area contributed by atoms with Crippen LogP contribution in [0.3, 0.4) is 0 Å². The van der Waals surface area contributed by atoms with Crippen LogP contribution in [0.25, 0.3) is 0 Å². The molecule has 0 heterocycles. The zero-order valence-corrected chi connectivity index (χ0v) is 18.1. The number of sulfonamides is 1. The van der Waals surface area contributed by atoms with Gasteiger partial charge in [0.05, 0.1) is 16.0 Å². The lowest BCUT2D eigenvalue weighted by Gasteiger charge is -2.15.